The molecular weight excluding hydrogens is 452 g/mol. The van der Waals surface area contributed by atoms with Gasteiger partial charge in [-0.15, -0.1) is 0 Å². The highest BCUT2D eigenvalue weighted by molar-refractivity contribution is 6.30. The predicted octanol–water partition coefficient (Wildman–Crippen LogP) is 3.91. The van der Waals surface area contributed by atoms with Crippen molar-refractivity contribution in [3.8, 4) is 6.07 Å². The van der Waals surface area contributed by atoms with Crippen molar-refractivity contribution in [1.82, 2.24) is 10.2 Å². The molecule has 8 heteroatoms. The van der Waals surface area contributed by atoms with E-state index in [1.165, 1.54) is 11.9 Å². The SMILES string of the molecule is CN(C(=O)O)[C@]1(C(=O)C2CCN(c3ccc(C#N)cc3)CC2)CNC[C@@]1(C)c1ccc(Cl)cc1. The highest BCUT2D eigenvalue weighted by atomic mass is 35.5. The number of carbonyl (C=O) groups is 2. The summed E-state index contributed by atoms with van der Waals surface area (Å²) in [4.78, 5) is 29.9. The molecule has 1 amide bonds. The van der Waals surface area contributed by atoms with Crippen LogP contribution in [0.25, 0.3) is 0 Å². The Kier molecular flexibility index (Phi) is 6.57. The molecule has 0 radical (unpaired) electrons. The molecule has 34 heavy (non-hydrogen) atoms. The number of likely N-dealkylation sites (N-methyl/N-ethyl adjacent to an activating group) is 1. The lowest BCUT2D eigenvalue weighted by atomic mass is 9.63. The number of ketones is 1. The number of rotatable bonds is 5. The number of piperidine rings is 1. The molecule has 0 bridgehead atoms. The van der Waals surface area contributed by atoms with Crippen molar-refractivity contribution >= 4 is 29.2 Å². The molecule has 0 aromatic heterocycles. The number of nitriles is 1. The van der Waals surface area contributed by atoms with Crippen molar-refractivity contribution in [2.45, 2.75) is 30.7 Å². The van der Waals surface area contributed by atoms with Gasteiger partial charge in [0, 0.05) is 55.3 Å². The van der Waals surface area contributed by atoms with Crippen LogP contribution in [0.3, 0.4) is 0 Å². The van der Waals surface area contributed by atoms with Crippen LogP contribution in [0.2, 0.25) is 5.02 Å². The minimum absolute atomic E-state index is 0.0284. The molecule has 2 aliphatic rings. The molecule has 0 saturated carbocycles. The Morgan fingerprint density at radius 3 is 2.29 bits per heavy atom. The highest BCUT2D eigenvalue weighted by Crippen LogP contribution is 2.45. The van der Waals surface area contributed by atoms with Gasteiger partial charge in [0.1, 0.15) is 5.54 Å². The third-order valence-electron chi connectivity index (χ3n) is 7.75. The van der Waals surface area contributed by atoms with E-state index in [2.05, 4.69) is 16.3 Å². The summed E-state index contributed by atoms with van der Waals surface area (Å²) in [5, 5.41) is 22.9. The molecule has 2 aromatic rings. The number of carboxylic acid groups (broad SMARTS) is 1. The first-order chi connectivity index (χ1) is 16.2. The van der Waals surface area contributed by atoms with Crippen LogP contribution >= 0.6 is 11.6 Å². The number of benzene rings is 2. The maximum Gasteiger partial charge on any atom is 0.407 e. The minimum atomic E-state index is -1.23. The maximum absolute atomic E-state index is 14.2. The third kappa shape index (κ3) is 3.91. The van der Waals surface area contributed by atoms with E-state index in [1.54, 1.807) is 24.3 Å². The molecular formula is C26H29ClN4O3. The summed E-state index contributed by atoms with van der Waals surface area (Å²) in [7, 11) is 1.51. The molecule has 2 aliphatic heterocycles. The van der Waals surface area contributed by atoms with E-state index < -0.39 is 17.0 Å². The molecule has 2 fully saturated rings. The lowest BCUT2D eigenvalue weighted by Crippen LogP contribution is -2.67. The Balaban J connectivity index is 1.62. The first-order valence-electron chi connectivity index (χ1n) is 11.5. The number of halogens is 1. The summed E-state index contributed by atoms with van der Waals surface area (Å²) in [6.45, 7) is 4.12. The number of hydrogen-bond acceptors (Lipinski definition) is 5. The number of carbonyl (C=O) groups excluding carboxylic acids is 1. The van der Waals surface area contributed by atoms with Gasteiger partial charge in [0.25, 0.3) is 0 Å². The van der Waals surface area contributed by atoms with Crippen LogP contribution in [0.1, 0.15) is 30.9 Å². The zero-order chi connectivity index (χ0) is 24.5. The van der Waals surface area contributed by atoms with Crippen LogP contribution in [0.15, 0.2) is 48.5 Å². The van der Waals surface area contributed by atoms with E-state index in [4.69, 9.17) is 16.9 Å². The second-order valence-electron chi connectivity index (χ2n) is 9.43. The second kappa shape index (κ2) is 9.28. The number of amides is 1. The van der Waals surface area contributed by atoms with E-state index in [-0.39, 0.29) is 18.2 Å². The van der Waals surface area contributed by atoms with Gasteiger partial charge in [-0.3, -0.25) is 9.69 Å². The van der Waals surface area contributed by atoms with Gasteiger partial charge in [-0.2, -0.15) is 5.26 Å². The number of hydrogen-bond donors (Lipinski definition) is 2. The Bertz CT molecular complexity index is 1110. The van der Waals surface area contributed by atoms with Gasteiger partial charge in [0.05, 0.1) is 11.6 Å². The second-order valence-corrected chi connectivity index (χ2v) is 9.87. The van der Waals surface area contributed by atoms with Crippen LogP contribution in [-0.4, -0.2) is 60.6 Å². The van der Waals surface area contributed by atoms with Crippen LogP contribution in [-0.2, 0) is 10.2 Å². The lowest BCUT2D eigenvalue weighted by molar-refractivity contribution is -0.136. The van der Waals surface area contributed by atoms with Gasteiger partial charge >= 0.3 is 6.09 Å². The van der Waals surface area contributed by atoms with Gasteiger partial charge in [0.15, 0.2) is 5.78 Å². The van der Waals surface area contributed by atoms with Gasteiger partial charge in [0.2, 0.25) is 0 Å². The molecule has 178 valence electrons. The van der Waals surface area contributed by atoms with E-state index in [0.717, 1.165) is 11.3 Å². The predicted molar refractivity (Wildman–Crippen MR) is 131 cm³/mol. The fraction of sp³-hybridized carbons (Fsp3) is 0.423. The van der Waals surface area contributed by atoms with Crippen LogP contribution in [0.4, 0.5) is 10.5 Å². The van der Waals surface area contributed by atoms with Crippen molar-refractivity contribution in [2.75, 3.05) is 38.1 Å². The maximum atomic E-state index is 14.2. The molecule has 2 aromatic carbocycles. The standard InChI is InChI=1S/C26H29ClN4O3/c1-25(20-5-7-21(27)8-6-20)16-29-17-26(25,30(2)24(33)34)23(32)19-11-13-31(14-12-19)22-9-3-18(15-28)4-10-22/h3-10,19,29H,11-14,16-17H2,1-2H3,(H,33,34)/t25-,26-/m0/s1. The summed E-state index contributed by atoms with van der Waals surface area (Å²) in [5.74, 6) is -0.276. The van der Waals surface area contributed by atoms with Gasteiger partial charge < -0.3 is 15.3 Å². The molecule has 7 nitrogen and oxygen atoms in total. The lowest BCUT2D eigenvalue weighted by Gasteiger charge is -2.49. The van der Waals surface area contributed by atoms with Crippen LogP contribution in [0.5, 0.6) is 0 Å². The molecule has 2 saturated heterocycles. The van der Waals surface area contributed by atoms with Crippen LogP contribution < -0.4 is 10.2 Å². The molecule has 4 rings (SSSR count). The van der Waals surface area contributed by atoms with Crippen LogP contribution in [0, 0.1) is 17.2 Å². The summed E-state index contributed by atoms with van der Waals surface area (Å²) in [5.41, 5.74) is 0.553. The molecule has 2 atom stereocenters. The van der Waals surface area contributed by atoms with Gasteiger partial charge in [-0.25, -0.2) is 4.79 Å². The van der Waals surface area contributed by atoms with Crippen molar-refractivity contribution < 1.29 is 14.7 Å². The molecule has 0 unspecified atom stereocenters. The van der Waals surface area contributed by atoms with Crippen molar-refractivity contribution in [3.63, 3.8) is 0 Å². The third-order valence-corrected chi connectivity index (χ3v) is 8.00. The molecule has 0 aliphatic carbocycles. The molecule has 2 N–H and O–H groups in total. The fourth-order valence-electron chi connectivity index (χ4n) is 5.65. The smallest absolute Gasteiger partial charge is 0.407 e. The van der Waals surface area contributed by atoms with Gasteiger partial charge in [-0.1, -0.05) is 30.7 Å². The Hall–Kier alpha value is -3.08. The zero-order valence-electron chi connectivity index (χ0n) is 19.4. The Morgan fingerprint density at radius 2 is 1.74 bits per heavy atom. The Labute approximate surface area is 204 Å². The highest BCUT2D eigenvalue weighted by Gasteiger charge is 2.62. The summed E-state index contributed by atoms with van der Waals surface area (Å²) < 4.78 is 0. The molecule has 2 heterocycles. The average molecular weight is 481 g/mol. The normalized spacial score (nSPS) is 25.1. The average Bonchev–Trinajstić information content (AvgIpc) is 3.22. The van der Waals surface area contributed by atoms with Gasteiger partial charge in [-0.05, 0) is 54.8 Å². The first kappa shape index (κ1) is 24.1. The van der Waals surface area contributed by atoms with E-state index >= 15 is 0 Å². The summed E-state index contributed by atoms with van der Waals surface area (Å²) >= 11 is 6.11. The zero-order valence-corrected chi connectivity index (χ0v) is 20.2. The number of nitrogens with one attached hydrogen (secondary N) is 1. The number of Topliss-reactive ketones (excluding diaryl/α,β-unsaturated/α-hetero) is 1. The fourth-order valence-corrected chi connectivity index (χ4v) is 5.78. The monoisotopic (exact) mass is 480 g/mol. The Morgan fingerprint density at radius 1 is 1.12 bits per heavy atom. The quantitative estimate of drug-likeness (QED) is 0.673. The van der Waals surface area contributed by atoms with E-state index in [1.807, 2.05) is 31.2 Å². The summed E-state index contributed by atoms with van der Waals surface area (Å²) in [6.07, 6.45) is 0.169. The number of nitrogens with zero attached hydrogens (tertiary/aromatic N) is 3. The largest absolute Gasteiger partial charge is 0.465 e. The van der Waals surface area contributed by atoms with Crippen molar-refractivity contribution in [2.24, 2.45) is 5.92 Å². The topological polar surface area (TPSA) is 96.7 Å². The molecule has 0 spiro atoms. The summed E-state index contributed by atoms with van der Waals surface area (Å²) in [6, 6.07) is 16.9. The van der Waals surface area contributed by atoms with Crippen molar-refractivity contribution in [1.29, 1.82) is 5.26 Å². The minimum Gasteiger partial charge on any atom is -0.465 e. The first-order valence-corrected chi connectivity index (χ1v) is 11.8. The van der Waals surface area contributed by atoms with Crippen molar-refractivity contribution in [3.05, 3.63) is 64.7 Å². The van der Waals surface area contributed by atoms with E-state index in [9.17, 15) is 14.7 Å². The van der Waals surface area contributed by atoms with E-state index in [0.29, 0.717) is 43.1 Å². The number of anilines is 1.